The van der Waals surface area contributed by atoms with E-state index in [0.717, 1.165) is 5.56 Å². The number of pyridine rings is 1. The van der Waals surface area contributed by atoms with E-state index in [1.807, 2.05) is 12.1 Å². The number of hydrogen-bond donors (Lipinski definition) is 0. The lowest BCUT2D eigenvalue weighted by Gasteiger charge is -2.11. The van der Waals surface area contributed by atoms with Crippen molar-refractivity contribution in [1.82, 2.24) is 4.57 Å². The number of ether oxygens (including phenoxy) is 2. The molecule has 7 heteroatoms. The normalized spacial score (nSPS) is 10.9. The van der Waals surface area contributed by atoms with E-state index in [9.17, 15) is 9.59 Å². The zero-order valence-corrected chi connectivity index (χ0v) is 16.4. The van der Waals surface area contributed by atoms with Gasteiger partial charge in [-0.25, -0.2) is 4.79 Å². The van der Waals surface area contributed by atoms with Crippen LogP contribution in [0.1, 0.15) is 10.4 Å². The summed E-state index contributed by atoms with van der Waals surface area (Å²) in [5.74, 6) is 0.374. The predicted octanol–water partition coefficient (Wildman–Crippen LogP) is 4.70. The van der Waals surface area contributed by atoms with Gasteiger partial charge in [0.25, 0.3) is 5.56 Å². The van der Waals surface area contributed by atoms with E-state index in [1.54, 1.807) is 48.7 Å². The summed E-state index contributed by atoms with van der Waals surface area (Å²) in [5.41, 5.74) is 1.88. The Morgan fingerprint density at radius 1 is 1.03 bits per heavy atom. The molecule has 0 aliphatic heterocycles. The minimum absolute atomic E-state index is 0.251. The molecule has 2 heterocycles. The highest BCUT2D eigenvalue weighted by Crippen LogP contribution is 2.28. The molecule has 0 atom stereocenters. The molecule has 0 unspecified atom stereocenters. The molecule has 4 rings (SSSR count). The maximum absolute atomic E-state index is 13.1. The fraction of sp³-hybridized carbons (Fsp3) is 0.0909. The molecule has 0 fully saturated rings. The van der Waals surface area contributed by atoms with Crippen molar-refractivity contribution in [2.45, 2.75) is 0 Å². The Balaban J connectivity index is 1.81. The van der Waals surface area contributed by atoms with Gasteiger partial charge >= 0.3 is 5.97 Å². The second-order valence-corrected chi connectivity index (χ2v) is 6.70. The Kier molecular flexibility index (Phi) is 4.86. The van der Waals surface area contributed by atoms with Gasteiger partial charge in [-0.15, -0.1) is 0 Å². The molecule has 0 saturated carbocycles. The van der Waals surface area contributed by atoms with Crippen LogP contribution in [0.4, 0.5) is 0 Å². The van der Waals surface area contributed by atoms with Gasteiger partial charge in [-0.05, 0) is 48.5 Å². The van der Waals surface area contributed by atoms with Gasteiger partial charge in [-0.1, -0.05) is 11.6 Å². The standard InChI is InChI=1S/C22H16ClNO5/c1-27-20-11-15(7-8-16(20)22(26)28-2)24-10-9-18-17(21(24)25)12-19(29-18)13-3-5-14(23)6-4-13/h3-12H,1-2H3. The van der Waals surface area contributed by atoms with Crippen molar-refractivity contribution in [1.29, 1.82) is 0 Å². The van der Waals surface area contributed by atoms with Crippen LogP contribution in [0.25, 0.3) is 28.0 Å². The second kappa shape index (κ2) is 7.48. The lowest BCUT2D eigenvalue weighted by Crippen LogP contribution is -2.17. The van der Waals surface area contributed by atoms with Crippen molar-refractivity contribution in [3.8, 4) is 22.8 Å². The number of hydrogen-bond acceptors (Lipinski definition) is 5. The average Bonchev–Trinajstić information content (AvgIpc) is 3.19. The molecule has 0 aliphatic carbocycles. The van der Waals surface area contributed by atoms with Crippen LogP contribution in [0.3, 0.4) is 0 Å². The first-order chi connectivity index (χ1) is 14.0. The molecule has 0 saturated heterocycles. The van der Waals surface area contributed by atoms with Crippen LogP contribution in [0.2, 0.25) is 5.02 Å². The van der Waals surface area contributed by atoms with E-state index in [0.29, 0.717) is 33.2 Å². The summed E-state index contributed by atoms with van der Waals surface area (Å²) in [7, 11) is 2.75. The monoisotopic (exact) mass is 409 g/mol. The van der Waals surface area contributed by atoms with Crippen molar-refractivity contribution < 1.29 is 18.7 Å². The summed E-state index contributed by atoms with van der Waals surface area (Å²) in [6.07, 6.45) is 1.62. The largest absolute Gasteiger partial charge is 0.496 e. The fourth-order valence-corrected chi connectivity index (χ4v) is 3.23. The van der Waals surface area contributed by atoms with Crippen LogP contribution < -0.4 is 10.3 Å². The van der Waals surface area contributed by atoms with Gasteiger partial charge in [0.1, 0.15) is 22.7 Å². The molecular formula is C22H16ClNO5. The van der Waals surface area contributed by atoms with Crippen LogP contribution in [-0.4, -0.2) is 24.8 Å². The number of carbonyl (C=O) groups is 1. The Morgan fingerprint density at radius 2 is 1.79 bits per heavy atom. The Labute approximate surface area is 170 Å². The van der Waals surface area contributed by atoms with Gasteiger partial charge in [-0.3, -0.25) is 9.36 Å². The molecule has 0 amide bonds. The van der Waals surface area contributed by atoms with Gasteiger partial charge in [0, 0.05) is 22.8 Å². The number of furan rings is 1. The van der Waals surface area contributed by atoms with E-state index in [2.05, 4.69) is 0 Å². The molecule has 29 heavy (non-hydrogen) atoms. The number of methoxy groups -OCH3 is 2. The number of esters is 1. The molecule has 2 aromatic carbocycles. The molecule has 0 bridgehead atoms. The molecule has 0 N–H and O–H groups in total. The highest BCUT2D eigenvalue weighted by Gasteiger charge is 2.16. The Morgan fingerprint density at radius 3 is 2.48 bits per heavy atom. The van der Waals surface area contributed by atoms with Gasteiger partial charge in [-0.2, -0.15) is 0 Å². The van der Waals surface area contributed by atoms with Gasteiger partial charge < -0.3 is 13.9 Å². The number of rotatable bonds is 4. The average molecular weight is 410 g/mol. The van der Waals surface area contributed by atoms with E-state index in [4.69, 9.17) is 25.5 Å². The Hall–Kier alpha value is -3.51. The van der Waals surface area contributed by atoms with E-state index in [-0.39, 0.29) is 11.1 Å². The van der Waals surface area contributed by atoms with Crippen molar-refractivity contribution in [2.75, 3.05) is 14.2 Å². The van der Waals surface area contributed by atoms with E-state index < -0.39 is 5.97 Å². The highest BCUT2D eigenvalue weighted by molar-refractivity contribution is 6.30. The maximum Gasteiger partial charge on any atom is 0.341 e. The van der Waals surface area contributed by atoms with Crippen molar-refractivity contribution in [3.05, 3.63) is 81.7 Å². The summed E-state index contributed by atoms with van der Waals surface area (Å²) in [4.78, 5) is 24.9. The topological polar surface area (TPSA) is 70.7 Å². The SMILES string of the molecule is COC(=O)c1ccc(-n2ccc3oc(-c4ccc(Cl)cc4)cc3c2=O)cc1OC. The van der Waals surface area contributed by atoms with Crippen molar-refractivity contribution in [2.24, 2.45) is 0 Å². The zero-order valence-electron chi connectivity index (χ0n) is 15.6. The number of carbonyl (C=O) groups excluding carboxylic acids is 1. The maximum atomic E-state index is 13.1. The quantitative estimate of drug-likeness (QED) is 0.457. The smallest absolute Gasteiger partial charge is 0.341 e. The second-order valence-electron chi connectivity index (χ2n) is 6.26. The van der Waals surface area contributed by atoms with Crippen molar-refractivity contribution in [3.63, 3.8) is 0 Å². The molecule has 6 nitrogen and oxygen atoms in total. The number of benzene rings is 2. The van der Waals surface area contributed by atoms with Crippen molar-refractivity contribution >= 4 is 28.5 Å². The Bertz CT molecular complexity index is 1270. The molecule has 4 aromatic rings. The third-order valence-electron chi connectivity index (χ3n) is 4.58. The van der Waals surface area contributed by atoms with Gasteiger partial charge in [0.05, 0.1) is 25.3 Å². The third-order valence-corrected chi connectivity index (χ3v) is 4.83. The summed E-state index contributed by atoms with van der Waals surface area (Å²) >= 11 is 5.93. The van der Waals surface area contributed by atoms with Crippen LogP contribution >= 0.6 is 11.6 Å². The summed E-state index contributed by atoms with van der Waals surface area (Å²) in [5, 5.41) is 1.06. The minimum Gasteiger partial charge on any atom is -0.496 e. The summed E-state index contributed by atoms with van der Waals surface area (Å²) in [6.45, 7) is 0. The summed E-state index contributed by atoms with van der Waals surface area (Å²) < 4.78 is 17.3. The summed E-state index contributed by atoms with van der Waals surface area (Å²) in [6, 6.07) is 15.4. The lowest BCUT2D eigenvalue weighted by molar-refractivity contribution is 0.0597. The molecule has 0 aliphatic rings. The first-order valence-electron chi connectivity index (χ1n) is 8.69. The molecule has 2 aromatic heterocycles. The number of nitrogens with zero attached hydrogens (tertiary/aromatic N) is 1. The van der Waals surface area contributed by atoms with Crippen LogP contribution in [-0.2, 0) is 4.74 Å². The van der Waals surface area contributed by atoms with Crippen LogP contribution in [0.5, 0.6) is 5.75 Å². The fourth-order valence-electron chi connectivity index (χ4n) is 3.10. The van der Waals surface area contributed by atoms with Crippen LogP contribution in [0.15, 0.2) is 70.0 Å². The van der Waals surface area contributed by atoms with E-state index >= 15 is 0 Å². The van der Waals surface area contributed by atoms with E-state index in [1.165, 1.54) is 18.8 Å². The predicted molar refractivity (Wildman–Crippen MR) is 110 cm³/mol. The third kappa shape index (κ3) is 3.39. The highest BCUT2D eigenvalue weighted by atomic mass is 35.5. The molecule has 146 valence electrons. The minimum atomic E-state index is -0.515. The van der Waals surface area contributed by atoms with Gasteiger partial charge in [0.2, 0.25) is 0 Å². The van der Waals surface area contributed by atoms with Crippen LogP contribution in [0, 0.1) is 0 Å². The number of fused-ring (bicyclic) bond motifs is 1. The molecular weight excluding hydrogens is 394 g/mol. The molecule has 0 radical (unpaired) electrons. The molecule has 0 spiro atoms. The number of halogens is 1. The first kappa shape index (κ1) is 18.8. The lowest BCUT2D eigenvalue weighted by atomic mass is 10.1. The van der Waals surface area contributed by atoms with Gasteiger partial charge in [0.15, 0.2) is 0 Å². The number of aromatic nitrogens is 1. The first-order valence-corrected chi connectivity index (χ1v) is 9.07. The zero-order chi connectivity index (χ0) is 20.5.